The van der Waals surface area contributed by atoms with Gasteiger partial charge in [-0.3, -0.25) is 4.79 Å². The predicted octanol–water partition coefficient (Wildman–Crippen LogP) is 1.59. The molecule has 1 aromatic rings. The van der Waals surface area contributed by atoms with Gasteiger partial charge in [-0.2, -0.15) is 0 Å². The molecule has 1 aromatic heterocycles. The molecule has 0 atom stereocenters. The molecule has 4 heteroatoms. The number of nitrogens with two attached hydrogens (primary N) is 1. The molecule has 17 heavy (non-hydrogen) atoms. The minimum Gasteiger partial charge on any atom is -0.351 e. The second kappa shape index (κ2) is 5.85. The van der Waals surface area contributed by atoms with Crippen molar-refractivity contribution in [3.8, 4) is 11.8 Å². The van der Waals surface area contributed by atoms with E-state index in [9.17, 15) is 4.79 Å². The van der Waals surface area contributed by atoms with Gasteiger partial charge >= 0.3 is 0 Å². The molecule has 2 rings (SSSR count). The molecule has 0 radical (unpaired) electrons. The van der Waals surface area contributed by atoms with E-state index in [1.165, 1.54) is 24.2 Å². The molecule has 0 aliphatic heterocycles. The van der Waals surface area contributed by atoms with Crippen LogP contribution in [0.15, 0.2) is 12.1 Å². The van der Waals surface area contributed by atoms with Crippen LogP contribution in [0, 0.1) is 17.8 Å². The van der Waals surface area contributed by atoms with Crippen molar-refractivity contribution in [3.05, 3.63) is 21.9 Å². The summed E-state index contributed by atoms with van der Waals surface area (Å²) in [5, 5.41) is 2.94. The van der Waals surface area contributed by atoms with Gasteiger partial charge in [-0.05, 0) is 24.5 Å². The van der Waals surface area contributed by atoms with Crippen LogP contribution < -0.4 is 11.1 Å². The van der Waals surface area contributed by atoms with E-state index in [2.05, 4.69) is 17.2 Å². The fraction of sp³-hybridized carbons (Fsp3) is 0.462. The molecule has 3 N–H and O–H groups in total. The van der Waals surface area contributed by atoms with E-state index in [0.29, 0.717) is 6.54 Å². The van der Waals surface area contributed by atoms with E-state index in [4.69, 9.17) is 5.73 Å². The molecule has 1 aliphatic rings. The number of hydrogen-bond acceptors (Lipinski definition) is 3. The smallest absolute Gasteiger partial charge is 0.261 e. The number of amides is 1. The average molecular weight is 248 g/mol. The maximum Gasteiger partial charge on any atom is 0.261 e. The van der Waals surface area contributed by atoms with Crippen molar-refractivity contribution in [1.29, 1.82) is 0 Å². The molecule has 0 unspecified atom stereocenters. The summed E-state index contributed by atoms with van der Waals surface area (Å²) in [7, 11) is 0. The Hall–Kier alpha value is -1.31. The van der Waals surface area contributed by atoms with Crippen molar-refractivity contribution in [2.75, 3.05) is 13.1 Å². The van der Waals surface area contributed by atoms with Gasteiger partial charge in [0.25, 0.3) is 5.91 Å². The second-order valence-electron chi connectivity index (χ2n) is 4.16. The highest BCUT2D eigenvalue weighted by Crippen LogP contribution is 2.31. The fourth-order valence-corrected chi connectivity index (χ4v) is 2.35. The normalized spacial score (nSPS) is 13.9. The van der Waals surface area contributed by atoms with Crippen LogP contribution in [0.25, 0.3) is 0 Å². The lowest BCUT2D eigenvalue weighted by Crippen LogP contribution is -2.23. The largest absolute Gasteiger partial charge is 0.351 e. The molecule has 3 nitrogen and oxygen atoms in total. The number of nitrogens with one attached hydrogen (secondary N) is 1. The molecule has 1 amide bonds. The SMILES string of the molecule is NCC#Cc1ccc(C(=O)NCCC2CC2)s1. The van der Waals surface area contributed by atoms with Gasteiger partial charge in [0.2, 0.25) is 0 Å². The third-order valence-corrected chi connectivity index (χ3v) is 3.68. The van der Waals surface area contributed by atoms with Crippen molar-refractivity contribution in [2.24, 2.45) is 11.7 Å². The van der Waals surface area contributed by atoms with Crippen molar-refractivity contribution in [2.45, 2.75) is 19.3 Å². The van der Waals surface area contributed by atoms with E-state index < -0.39 is 0 Å². The van der Waals surface area contributed by atoms with Gasteiger partial charge in [0.05, 0.1) is 16.3 Å². The summed E-state index contributed by atoms with van der Waals surface area (Å²) in [6.45, 7) is 1.13. The Labute approximate surface area is 105 Å². The third kappa shape index (κ3) is 3.88. The van der Waals surface area contributed by atoms with Crippen LogP contribution in [0.2, 0.25) is 0 Å². The molecule has 0 bridgehead atoms. The van der Waals surface area contributed by atoms with Crippen LogP contribution >= 0.6 is 11.3 Å². The molecular weight excluding hydrogens is 232 g/mol. The second-order valence-corrected chi connectivity index (χ2v) is 5.24. The van der Waals surface area contributed by atoms with Crippen LogP contribution in [0.1, 0.15) is 33.8 Å². The Morgan fingerprint density at radius 3 is 3.06 bits per heavy atom. The molecular formula is C13H16N2OS. The Morgan fingerprint density at radius 1 is 1.53 bits per heavy atom. The van der Waals surface area contributed by atoms with Gasteiger partial charge in [0.15, 0.2) is 0 Å². The molecule has 1 heterocycles. The lowest BCUT2D eigenvalue weighted by molar-refractivity contribution is 0.0957. The topological polar surface area (TPSA) is 55.1 Å². The van der Waals surface area contributed by atoms with Gasteiger partial charge in [0, 0.05) is 6.54 Å². The lowest BCUT2D eigenvalue weighted by atomic mass is 10.3. The molecule has 90 valence electrons. The third-order valence-electron chi connectivity index (χ3n) is 2.68. The number of carbonyl (C=O) groups is 1. The zero-order valence-corrected chi connectivity index (χ0v) is 10.5. The van der Waals surface area contributed by atoms with E-state index in [1.807, 2.05) is 12.1 Å². The highest BCUT2D eigenvalue weighted by Gasteiger charge is 2.20. The first-order valence-electron chi connectivity index (χ1n) is 5.86. The molecule has 1 fully saturated rings. The highest BCUT2D eigenvalue weighted by molar-refractivity contribution is 7.14. The Bertz CT molecular complexity index is 451. The number of carbonyl (C=O) groups excluding carboxylic acids is 1. The molecule has 0 aromatic carbocycles. The van der Waals surface area contributed by atoms with Crippen LogP contribution in [0.3, 0.4) is 0 Å². The summed E-state index contributed by atoms with van der Waals surface area (Å²) in [5.74, 6) is 6.57. The van der Waals surface area contributed by atoms with Gasteiger partial charge in [-0.15, -0.1) is 11.3 Å². The molecule has 0 saturated heterocycles. The predicted molar refractivity (Wildman–Crippen MR) is 69.9 cm³/mol. The molecule has 1 aliphatic carbocycles. The van der Waals surface area contributed by atoms with E-state index >= 15 is 0 Å². The average Bonchev–Trinajstić information content (AvgIpc) is 3.03. The Morgan fingerprint density at radius 2 is 2.35 bits per heavy atom. The van der Waals surface area contributed by atoms with Crippen LogP contribution in [0.5, 0.6) is 0 Å². The summed E-state index contributed by atoms with van der Waals surface area (Å²) in [6, 6.07) is 3.68. The minimum atomic E-state index is 0.0106. The monoisotopic (exact) mass is 248 g/mol. The number of hydrogen-bond donors (Lipinski definition) is 2. The summed E-state index contributed by atoms with van der Waals surface area (Å²) >= 11 is 1.41. The summed E-state index contributed by atoms with van der Waals surface area (Å²) in [4.78, 5) is 13.4. The quantitative estimate of drug-likeness (QED) is 0.795. The highest BCUT2D eigenvalue weighted by atomic mass is 32.1. The van der Waals surface area contributed by atoms with Gasteiger partial charge < -0.3 is 11.1 Å². The van der Waals surface area contributed by atoms with Crippen molar-refractivity contribution < 1.29 is 4.79 Å². The van der Waals surface area contributed by atoms with Crippen molar-refractivity contribution in [1.82, 2.24) is 5.32 Å². The molecule has 0 spiro atoms. The van der Waals surface area contributed by atoms with Crippen LogP contribution in [0.4, 0.5) is 0 Å². The first-order chi connectivity index (χ1) is 8.29. The van der Waals surface area contributed by atoms with Crippen molar-refractivity contribution in [3.63, 3.8) is 0 Å². The molecule has 1 saturated carbocycles. The fourth-order valence-electron chi connectivity index (χ4n) is 1.55. The van der Waals surface area contributed by atoms with Gasteiger partial charge in [0.1, 0.15) is 0 Å². The van der Waals surface area contributed by atoms with Gasteiger partial charge in [-0.1, -0.05) is 24.7 Å². The number of thiophene rings is 1. The Balaban J connectivity index is 1.82. The number of rotatable bonds is 4. The standard InChI is InChI=1S/C13H16N2OS/c14-8-1-2-11-5-6-12(17-11)13(16)15-9-7-10-3-4-10/h5-6,10H,3-4,7-9,14H2,(H,15,16). The van der Waals surface area contributed by atoms with Crippen LogP contribution in [-0.2, 0) is 0 Å². The van der Waals surface area contributed by atoms with E-state index in [0.717, 1.165) is 28.6 Å². The summed E-state index contributed by atoms with van der Waals surface area (Å²) in [6.07, 6.45) is 3.76. The van der Waals surface area contributed by atoms with E-state index in [-0.39, 0.29) is 5.91 Å². The summed E-state index contributed by atoms with van der Waals surface area (Å²) in [5.41, 5.74) is 5.29. The zero-order chi connectivity index (χ0) is 12.1. The van der Waals surface area contributed by atoms with Gasteiger partial charge in [-0.25, -0.2) is 0 Å². The maximum absolute atomic E-state index is 11.8. The Kier molecular flexibility index (Phi) is 4.18. The van der Waals surface area contributed by atoms with Crippen LogP contribution in [-0.4, -0.2) is 19.0 Å². The maximum atomic E-state index is 11.8. The first-order valence-corrected chi connectivity index (χ1v) is 6.68. The lowest BCUT2D eigenvalue weighted by Gasteiger charge is -2.01. The summed E-state index contributed by atoms with van der Waals surface area (Å²) < 4.78 is 0. The van der Waals surface area contributed by atoms with E-state index in [1.54, 1.807) is 0 Å². The minimum absolute atomic E-state index is 0.0106. The zero-order valence-electron chi connectivity index (χ0n) is 9.66. The van der Waals surface area contributed by atoms with Crippen molar-refractivity contribution >= 4 is 17.2 Å². The first kappa shape index (κ1) is 12.2.